The fraction of sp³-hybridized carbons (Fsp3) is 0.636. The van der Waals surface area contributed by atoms with Gasteiger partial charge < -0.3 is 15.2 Å². The Morgan fingerprint density at radius 3 is 3.25 bits per heavy atom. The molecule has 2 rings (SSSR count). The molecular formula is C11H18N4O. The van der Waals surface area contributed by atoms with E-state index in [1.165, 1.54) is 0 Å². The summed E-state index contributed by atoms with van der Waals surface area (Å²) in [5.74, 6) is 0.185. The lowest BCUT2D eigenvalue weighted by atomic mass is 10.2. The van der Waals surface area contributed by atoms with E-state index in [0.717, 1.165) is 32.5 Å². The van der Waals surface area contributed by atoms with Crippen LogP contribution >= 0.6 is 0 Å². The van der Waals surface area contributed by atoms with Crippen molar-refractivity contribution in [3.05, 3.63) is 18.7 Å². The summed E-state index contributed by atoms with van der Waals surface area (Å²) in [6.07, 6.45) is 8.32. The highest BCUT2D eigenvalue weighted by molar-refractivity contribution is 5.78. The number of hydrogen-bond acceptors (Lipinski definition) is 3. The van der Waals surface area contributed by atoms with Crippen molar-refractivity contribution in [3.8, 4) is 0 Å². The third-order valence-corrected chi connectivity index (χ3v) is 2.80. The molecule has 1 amide bonds. The molecule has 88 valence electrons. The molecular weight excluding hydrogens is 204 g/mol. The SMILES string of the molecule is O=C1CCC(CNCCCn2ccnc2)N1. The van der Waals surface area contributed by atoms with Crippen LogP contribution in [0, 0.1) is 0 Å². The molecule has 1 aromatic rings. The molecule has 1 aromatic heterocycles. The van der Waals surface area contributed by atoms with Crippen LogP contribution in [0.5, 0.6) is 0 Å². The van der Waals surface area contributed by atoms with E-state index in [9.17, 15) is 4.79 Å². The number of nitrogens with zero attached hydrogens (tertiary/aromatic N) is 2. The highest BCUT2D eigenvalue weighted by atomic mass is 16.1. The van der Waals surface area contributed by atoms with Gasteiger partial charge in [0.2, 0.25) is 5.91 Å². The van der Waals surface area contributed by atoms with E-state index in [1.807, 2.05) is 12.5 Å². The Bertz CT molecular complexity index is 323. The van der Waals surface area contributed by atoms with Crippen LogP contribution in [0.2, 0.25) is 0 Å². The lowest BCUT2D eigenvalue weighted by molar-refractivity contribution is -0.119. The van der Waals surface area contributed by atoms with Crippen LogP contribution in [-0.4, -0.2) is 34.6 Å². The van der Waals surface area contributed by atoms with E-state index < -0.39 is 0 Å². The van der Waals surface area contributed by atoms with Crippen molar-refractivity contribution in [1.29, 1.82) is 0 Å². The van der Waals surface area contributed by atoms with Gasteiger partial charge in [0.05, 0.1) is 6.33 Å². The summed E-state index contributed by atoms with van der Waals surface area (Å²) in [4.78, 5) is 14.9. The maximum Gasteiger partial charge on any atom is 0.220 e. The van der Waals surface area contributed by atoms with E-state index in [2.05, 4.69) is 20.2 Å². The third kappa shape index (κ3) is 3.34. The molecule has 0 bridgehead atoms. The number of nitrogens with one attached hydrogen (secondary N) is 2. The van der Waals surface area contributed by atoms with E-state index in [0.29, 0.717) is 12.5 Å². The number of carbonyl (C=O) groups is 1. The Morgan fingerprint density at radius 2 is 2.56 bits per heavy atom. The fourth-order valence-corrected chi connectivity index (χ4v) is 1.91. The number of aryl methyl sites for hydroxylation is 1. The van der Waals surface area contributed by atoms with Crippen LogP contribution in [0.3, 0.4) is 0 Å². The normalized spacial score (nSPS) is 20.0. The third-order valence-electron chi connectivity index (χ3n) is 2.80. The lowest BCUT2D eigenvalue weighted by Crippen LogP contribution is -2.36. The zero-order valence-electron chi connectivity index (χ0n) is 9.35. The summed E-state index contributed by atoms with van der Waals surface area (Å²) >= 11 is 0. The summed E-state index contributed by atoms with van der Waals surface area (Å²) in [5, 5.41) is 6.30. The fourth-order valence-electron chi connectivity index (χ4n) is 1.91. The zero-order valence-corrected chi connectivity index (χ0v) is 9.35. The van der Waals surface area contributed by atoms with Crippen molar-refractivity contribution >= 4 is 5.91 Å². The largest absolute Gasteiger partial charge is 0.352 e. The minimum absolute atomic E-state index is 0.185. The van der Waals surface area contributed by atoms with Crippen molar-refractivity contribution in [2.45, 2.75) is 31.8 Å². The second-order valence-electron chi connectivity index (χ2n) is 4.16. The first-order valence-electron chi connectivity index (χ1n) is 5.80. The van der Waals surface area contributed by atoms with Crippen molar-refractivity contribution in [2.75, 3.05) is 13.1 Å². The van der Waals surface area contributed by atoms with Gasteiger partial charge in [-0.15, -0.1) is 0 Å². The minimum atomic E-state index is 0.185. The van der Waals surface area contributed by atoms with Crippen LogP contribution < -0.4 is 10.6 Å². The van der Waals surface area contributed by atoms with Gasteiger partial charge in [0.25, 0.3) is 0 Å². The highest BCUT2D eigenvalue weighted by Crippen LogP contribution is 2.04. The maximum absolute atomic E-state index is 10.9. The molecule has 2 heterocycles. The standard InChI is InChI=1S/C11H18N4O/c16-11-3-2-10(14-11)8-12-4-1-6-15-7-5-13-9-15/h5,7,9-10,12H,1-4,6,8H2,(H,14,16). The molecule has 1 atom stereocenters. The molecule has 0 aromatic carbocycles. The number of imidazole rings is 1. The van der Waals surface area contributed by atoms with Gasteiger partial charge in [0, 0.05) is 37.9 Å². The summed E-state index contributed by atoms with van der Waals surface area (Å²) < 4.78 is 2.07. The molecule has 0 saturated carbocycles. The van der Waals surface area contributed by atoms with E-state index >= 15 is 0 Å². The molecule has 2 N–H and O–H groups in total. The number of hydrogen-bond donors (Lipinski definition) is 2. The molecule has 5 heteroatoms. The average molecular weight is 222 g/mol. The molecule has 5 nitrogen and oxygen atoms in total. The van der Waals surface area contributed by atoms with Gasteiger partial charge in [-0.3, -0.25) is 4.79 Å². The van der Waals surface area contributed by atoms with Gasteiger partial charge in [0.1, 0.15) is 0 Å². The van der Waals surface area contributed by atoms with Crippen molar-refractivity contribution in [2.24, 2.45) is 0 Å². The molecule has 0 radical (unpaired) electrons. The summed E-state index contributed by atoms with van der Waals surface area (Å²) in [6, 6.07) is 0.334. The second-order valence-corrected chi connectivity index (χ2v) is 4.16. The number of amides is 1. The van der Waals surface area contributed by atoms with Gasteiger partial charge in [-0.25, -0.2) is 4.98 Å². The molecule has 0 spiro atoms. The smallest absolute Gasteiger partial charge is 0.220 e. The quantitative estimate of drug-likeness (QED) is 0.673. The highest BCUT2D eigenvalue weighted by Gasteiger charge is 2.19. The van der Waals surface area contributed by atoms with Gasteiger partial charge in [-0.05, 0) is 19.4 Å². The first kappa shape index (κ1) is 11.1. The Labute approximate surface area is 95.2 Å². The van der Waals surface area contributed by atoms with E-state index in [-0.39, 0.29) is 5.91 Å². The van der Waals surface area contributed by atoms with Crippen LogP contribution in [-0.2, 0) is 11.3 Å². The van der Waals surface area contributed by atoms with Gasteiger partial charge in [-0.1, -0.05) is 0 Å². The Balaban J connectivity index is 1.51. The molecule has 16 heavy (non-hydrogen) atoms. The number of rotatable bonds is 6. The van der Waals surface area contributed by atoms with Gasteiger partial charge >= 0.3 is 0 Å². The lowest BCUT2D eigenvalue weighted by Gasteiger charge is -2.11. The first-order valence-corrected chi connectivity index (χ1v) is 5.80. The molecule has 1 aliphatic rings. The summed E-state index contributed by atoms with van der Waals surface area (Å²) in [6.45, 7) is 2.85. The van der Waals surface area contributed by atoms with Crippen molar-refractivity contribution in [1.82, 2.24) is 20.2 Å². The van der Waals surface area contributed by atoms with E-state index in [1.54, 1.807) is 6.20 Å². The molecule has 1 unspecified atom stereocenters. The Hall–Kier alpha value is -1.36. The molecule has 0 aliphatic carbocycles. The number of carbonyl (C=O) groups excluding carboxylic acids is 1. The summed E-state index contributed by atoms with van der Waals surface area (Å²) in [5.41, 5.74) is 0. The maximum atomic E-state index is 10.9. The predicted molar refractivity (Wildman–Crippen MR) is 60.9 cm³/mol. The summed E-state index contributed by atoms with van der Waals surface area (Å²) in [7, 11) is 0. The Morgan fingerprint density at radius 1 is 1.62 bits per heavy atom. The van der Waals surface area contributed by atoms with Gasteiger partial charge in [0.15, 0.2) is 0 Å². The predicted octanol–water partition coefficient (Wildman–Crippen LogP) is 0.141. The molecule has 1 saturated heterocycles. The van der Waals surface area contributed by atoms with Crippen LogP contribution in [0.25, 0.3) is 0 Å². The van der Waals surface area contributed by atoms with E-state index in [4.69, 9.17) is 0 Å². The second kappa shape index (κ2) is 5.65. The average Bonchev–Trinajstić information content (AvgIpc) is 2.89. The van der Waals surface area contributed by atoms with Crippen LogP contribution in [0.1, 0.15) is 19.3 Å². The zero-order chi connectivity index (χ0) is 11.2. The van der Waals surface area contributed by atoms with Crippen molar-refractivity contribution in [3.63, 3.8) is 0 Å². The van der Waals surface area contributed by atoms with Crippen LogP contribution in [0.4, 0.5) is 0 Å². The number of aromatic nitrogens is 2. The molecule has 1 fully saturated rings. The van der Waals surface area contributed by atoms with Gasteiger partial charge in [-0.2, -0.15) is 0 Å². The minimum Gasteiger partial charge on any atom is -0.352 e. The van der Waals surface area contributed by atoms with Crippen LogP contribution in [0.15, 0.2) is 18.7 Å². The monoisotopic (exact) mass is 222 g/mol. The Kier molecular flexibility index (Phi) is 3.93. The first-order chi connectivity index (χ1) is 7.84. The van der Waals surface area contributed by atoms with Crippen molar-refractivity contribution < 1.29 is 4.79 Å². The topological polar surface area (TPSA) is 59.0 Å². The molecule has 1 aliphatic heterocycles.